The molecule has 0 saturated heterocycles. The van der Waals surface area contributed by atoms with Crippen molar-refractivity contribution < 1.29 is 4.39 Å². The Morgan fingerprint density at radius 2 is 2.25 bits per heavy atom. The average molecular weight is 233 g/mol. The molecule has 2 heterocycles. The van der Waals surface area contributed by atoms with Gasteiger partial charge in [-0.3, -0.25) is 0 Å². The minimum Gasteiger partial charge on any atom is -0.389 e. The predicted octanol–water partition coefficient (Wildman–Crippen LogP) is 3.01. The number of nitrogen functional groups attached to an aromatic ring is 1. The molecule has 2 aromatic heterocycles. The molecule has 5 heteroatoms. The van der Waals surface area contributed by atoms with E-state index in [2.05, 4.69) is 9.97 Å². The number of benzene rings is 1. The average Bonchev–Trinajstić information content (AvgIpc) is 2.84. The summed E-state index contributed by atoms with van der Waals surface area (Å²) in [5, 5.41) is 1.19. The van der Waals surface area contributed by atoms with Gasteiger partial charge in [0.15, 0.2) is 0 Å². The van der Waals surface area contributed by atoms with E-state index in [1.165, 1.54) is 17.4 Å². The van der Waals surface area contributed by atoms with Gasteiger partial charge in [0.2, 0.25) is 0 Å². The molecule has 0 unspecified atom stereocenters. The van der Waals surface area contributed by atoms with Gasteiger partial charge in [-0.2, -0.15) is 0 Å². The number of hydrogen-bond acceptors (Lipinski definition) is 3. The zero-order chi connectivity index (χ0) is 11.1. The van der Waals surface area contributed by atoms with Crippen LogP contribution in [0.3, 0.4) is 0 Å². The van der Waals surface area contributed by atoms with E-state index in [0.29, 0.717) is 16.1 Å². The summed E-state index contributed by atoms with van der Waals surface area (Å²) in [5.41, 5.74) is 9.63. The maximum Gasteiger partial charge on any atom is 0.132 e. The van der Waals surface area contributed by atoms with Crippen molar-refractivity contribution in [1.82, 2.24) is 9.97 Å². The molecule has 3 rings (SSSR count). The molecular weight excluding hydrogens is 225 g/mol. The first kappa shape index (κ1) is 9.35. The van der Waals surface area contributed by atoms with Crippen LogP contribution in [0, 0.1) is 5.82 Å². The van der Waals surface area contributed by atoms with Gasteiger partial charge in [0.1, 0.15) is 16.5 Å². The van der Waals surface area contributed by atoms with Gasteiger partial charge in [-0.1, -0.05) is 6.07 Å². The van der Waals surface area contributed by atoms with Gasteiger partial charge >= 0.3 is 0 Å². The maximum atomic E-state index is 13.5. The standard InChI is InChI=1S/C11H8FN3S/c12-7-2-1-3-8-6(7)4-9(15-8)10-11(13)16-5-14-10/h1-5,15H,13H2. The van der Waals surface area contributed by atoms with Crippen LogP contribution in [0.4, 0.5) is 9.39 Å². The van der Waals surface area contributed by atoms with E-state index in [1.54, 1.807) is 17.6 Å². The van der Waals surface area contributed by atoms with Crippen LogP contribution in [0.5, 0.6) is 0 Å². The lowest BCUT2D eigenvalue weighted by molar-refractivity contribution is 0.640. The van der Waals surface area contributed by atoms with Gasteiger partial charge in [0, 0.05) is 10.9 Å². The first-order valence-electron chi connectivity index (χ1n) is 4.72. The lowest BCUT2D eigenvalue weighted by atomic mass is 10.2. The van der Waals surface area contributed by atoms with E-state index >= 15 is 0 Å². The fraction of sp³-hybridized carbons (Fsp3) is 0. The highest BCUT2D eigenvalue weighted by atomic mass is 32.1. The molecule has 0 saturated carbocycles. The molecule has 3 aromatic rings. The van der Waals surface area contributed by atoms with Crippen LogP contribution in [-0.2, 0) is 0 Å². The number of fused-ring (bicyclic) bond motifs is 1. The molecule has 0 aliphatic rings. The number of aromatic nitrogens is 2. The Morgan fingerprint density at radius 1 is 1.38 bits per heavy atom. The minimum atomic E-state index is -0.242. The number of aromatic amines is 1. The topological polar surface area (TPSA) is 54.7 Å². The molecule has 0 aliphatic carbocycles. The van der Waals surface area contributed by atoms with E-state index in [0.717, 1.165) is 11.2 Å². The molecule has 0 radical (unpaired) electrons. The number of anilines is 1. The lowest BCUT2D eigenvalue weighted by Crippen LogP contribution is -1.84. The molecule has 1 aromatic carbocycles. The number of hydrogen-bond donors (Lipinski definition) is 2. The van der Waals surface area contributed by atoms with Crippen molar-refractivity contribution in [2.45, 2.75) is 0 Å². The number of nitrogens with one attached hydrogen (secondary N) is 1. The number of thiazole rings is 1. The molecule has 0 aliphatic heterocycles. The zero-order valence-electron chi connectivity index (χ0n) is 8.20. The Labute approximate surface area is 94.7 Å². The highest BCUT2D eigenvalue weighted by Crippen LogP contribution is 2.30. The monoisotopic (exact) mass is 233 g/mol. The van der Waals surface area contributed by atoms with Crippen LogP contribution in [0.2, 0.25) is 0 Å². The SMILES string of the molecule is Nc1scnc1-c1cc2c(F)cccc2[nH]1. The number of nitrogens with two attached hydrogens (primary N) is 1. The highest BCUT2D eigenvalue weighted by molar-refractivity contribution is 7.14. The van der Waals surface area contributed by atoms with E-state index in [-0.39, 0.29) is 5.82 Å². The minimum absolute atomic E-state index is 0.242. The number of H-pyrrole nitrogens is 1. The molecule has 3 nitrogen and oxygen atoms in total. The summed E-state index contributed by atoms with van der Waals surface area (Å²) in [6, 6.07) is 6.66. The van der Waals surface area contributed by atoms with Crippen molar-refractivity contribution in [2.75, 3.05) is 5.73 Å². The van der Waals surface area contributed by atoms with Gasteiger partial charge in [0.05, 0.1) is 11.2 Å². The van der Waals surface area contributed by atoms with Gasteiger partial charge < -0.3 is 10.7 Å². The Balaban J connectivity index is 2.27. The van der Waals surface area contributed by atoms with E-state index < -0.39 is 0 Å². The number of nitrogens with zero attached hydrogens (tertiary/aromatic N) is 1. The second-order valence-corrected chi connectivity index (χ2v) is 4.34. The number of halogens is 1. The molecule has 0 amide bonds. The van der Waals surface area contributed by atoms with Crippen molar-refractivity contribution >= 4 is 27.2 Å². The second-order valence-electron chi connectivity index (χ2n) is 3.45. The van der Waals surface area contributed by atoms with Crippen molar-refractivity contribution in [3.8, 4) is 11.4 Å². The lowest BCUT2D eigenvalue weighted by Gasteiger charge is -1.91. The Kier molecular flexibility index (Phi) is 1.94. The van der Waals surface area contributed by atoms with Gasteiger partial charge in [0.25, 0.3) is 0 Å². The van der Waals surface area contributed by atoms with Gasteiger partial charge in [-0.15, -0.1) is 11.3 Å². The molecule has 3 N–H and O–H groups in total. The quantitative estimate of drug-likeness (QED) is 0.678. The van der Waals surface area contributed by atoms with E-state index in [4.69, 9.17) is 5.73 Å². The Morgan fingerprint density at radius 3 is 2.94 bits per heavy atom. The Bertz CT molecular complexity index is 656. The maximum absolute atomic E-state index is 13.5. The summed E-state index contributed by atoms with van der Waals surface area (Å²) < 4.78 is 13.5. The van der Waals surface area contributed by atoms with Crippen LogP contribution >= 0.6 is 11.3 Å². The second kappa shape index (κ2) is 3.31. The van der Waals surface area contributed by atoms with Crippen LogP contribution in [0.25, 0.3) is 22.3 Å². The van der Waals surface area contributed by atoms with Crippen molar-refractivity contribution in [2.24, 2.45) is 0 Å². The summed E-state index contributed by atoms with van der Waals surface area (Å²) in [4.78, 5) is 7.25. The normalized spacial score (nSPS) is 11.1. The summed E-state index contributed by atoms with van der Waals surface area (Å²) in [5.74, 6) is -0.242. The molecular formula is C11H8FN3S. The molecule has 0 fully saturated rings. The van der Waals surface area contributed by atoms with Gasteiger partial charge in [-0.25, -0.2) is 9.37 Å². The molecule has 0 atom stereocenters. The first-order chi connectivity index (χ1) is 7.75. The molecule has 0 bridgehead atoms. The summed E-state index contributed by atoms with van der Waals surface area (Å²) >= 11 is 1.37. The first-order valence-corrected chi connectivity index (χ1v) is 5.60. The fourth-order valence-electron chi connectivity index (χ4n) is 1.70. The van der Waals surface area contributed by atoms with Crippen LogP contribution in [-0.4, -0.2) is 9.97 Å². The van der Waals surface area contributed by atoms with Crippen molar-refractivity contribution in [3.05, 3.63) is 35.6 Å². The van der Waals surface area contributed by atoms with E-state index in [9.17, 15) is 4.39 Å². The van der Waals surface area contributed by atoms with Crippen molar-refractivity contribution in [1.29, 1.82) is 0 Å². The molecule has 0 spiro atoms. The molecule has 80 valence electrons. The highest BCUT2D eigenvalue weighted by Gasteiger charge is 2.10. The summed E-state index contributed by atoms with van der Waals surface area (Å²) in [7, 11) is 0. The summed E-state index contributed by atoms with van der Waals surface area (Å²) in [6.07, 6.45) is 0. The predicted molar refractivity (Wildman–Crippen MR) is 63.8 cm³/mol. The smallest absolute Gasteiger partial charge is 0.132 e. The Hall–Kier alpha value is -1.88. The third-order valence-electron chi connectivity index (χ3n) is 2.46. The van der Waals surface area contributed by atoms with Crippen molar-refractivity contribution in [3.63, 3.8) is 0 Å². The van der Waals surface area contributed by atoms with Crippen LogP contribution < -0.4 is 5.73 Å². The third-order valence-corrected chi connectivity index (χ3v) is 3.12. The van der Waals surface area contributed by atoms with Gasteiger partial charge in [-0.05, 0) is 18.2 Å². The molecule has 16 heavy (non-hydrogen) atoms. The van der Waals surface area contributed by atoms with Crippen LogP contribution in [0.1, 0.15) is 0 Å². The van der Waals surface area contributed by atoms with E-state index in [1.807, 2.05) is 6.07 Å². The fourth-order valence-corrected chi connectivity index (χ4v) is 2.25. The summed E-state index contributed by atoms with van der Waals surface area (Å²) in [6.45, 7) is 0. The largest absolute Gasteiger partial charge is 0.389 e. The van der Waals surface area contributed by atoms with Crippen LogP contribution in [0.15, 0.2) is 29.8 Å². The third kappa shape index (κ3) is 1.29. The zero-order valence-corrected chi connectivity index (χ0v) is 9.01. The number of rotatable bonds is 1.